The Morgan fingerprint density at radius 1 is 1.29 bits per heavy atom. The topological polar surface area (TPSA) is 69.6 Å². The summed E-state index contributed by atoms with van der Waals surface area (Å²) in [4.78, 5) is 24.9. The van der Waals surface area contributed by atoms with Gasteiger partial charge in [-0.2, -0.15) is 0 Å². The third-order valence-electron chi connectivity index (χ3n) is 2.47. The molecule has 0 aliphatic carbocycles. The monoisotopic (exact) mass is 244 g/mol. The highest BCUT2D eigenvalue weighted by atomic mass is 16.3. The lowest BCUT2D eigenvalue weighted by atomic mass is 10.0. The molecule has 1 atom stereocenters. The maximum atomic E-state index is 12.2. The molecule has 2 amide bonds. The number of hydrogen-bond donors (Lipinski definition) is 2. The lowest BCUT2D eigenvalue weighted by Crippen LogP contribution is -2.51. The molecule has 0 heterocycles. The van der Waals surface area contributed by atoms with E-state index in [1.807, 2.05) is 20.8 Å². The Morgan fingerprint density at radius 3 is 2.24 bits per heavy atom. The summed E-state index contributed by atoms with van der Waals surface area (Å²) < 4.78 is 0. The number of aliphatic hydroxyl groups excluding tert-OH is 1. The molecule has 1 unspecified atom stereocenters. The van der Waals surface area contributed by atoms with Gasteiger partial charge in [-0.25, -0.2) is 0 Å². The third kappa shape index (κ3) is 5.68. The lowest BCUT2D eigenvalue weighted by Gasteiger charge is -2.28. The molecule has 0 fully saturated rings. The van der Waals surface area contributed by atoms with Gasteiger partial charge in [-0.05, 0) is 12.3 Å². The van der Waals surface area contributed by atoms with Gasteiger partial charge in [0.25, 0.3) is 0 Å². The van der Waals surface area contributed by atoms with Crippen LogP contribution in [-0.4, -0.2) is 47.6 Å². The van der Waals surface area contributed by atoms with Crippen LogP contribution in [-0.2, 0) is 9.59 Å². The molecule has 100 valence electrons. The molecule has 5 heteroatoms. The normalized spacial score (nSPS) is 12.4. The van der Waals surface area contributed by atoms with E-state index in [9.17, 15) is 9.59 Å². The van der Waals surface area contributed by atoms with Gasteiger partial charge >= 0.3 is 0 Å². The molecule has 0 aliphatic rings. The minimum Gasteiger partial charge on any atom is -0.395 e. The van der Waals surface area contributed by atoms with Crippen molar-refractivity contribution in [2.75, 3.05) is 19.7 Å². The minimum absolute atomic E-state index is 0.0319. The van der Waals surface area contributed by atoms with E-state index in [1.165, 1.54) is 6.92 Å². The van der Waals surface area contributed by atoms with E-state index in [2.05, 4.69) is 5.32 Å². The highest BCUT2D eigenvalue weighted by Crippen LogP contribution is 2.07. The quantitative estimate of drug-likeness (QED) is 0.680. The average Bonchev–Trinajstić information content (AvgIpc) is 2.24. The van der Waals surface area contributed by atoms with Crippen molar-refractivity contribution >= 4 is 11.8 Å². The Bertz CT molecular complexity index is 248. The maximum absolute atomic E-state index is 12.2. The first-order valence-electron chi connectivity index (χ1n) is 6.10. The number of rotatable bonds is 7. The van der Waals surface area contributed by atoms with Crippen molar-refractivity contribution < 1.29 is 14.7 Å². The summed E-state index contributed by atoms with van der Waals surface area (Å²) in [5, 5.41) is 11.6. The van der Waals surface area contributed by atoms with Crippen molar-refractivity contribution in [3.05, 3.63) is 0 Å². The largest absolute Gasteiger partial charge is 0.395 e. The number of carbonyl (C=O) groups excluding carboxylic acids is 2. The summed E-state index contributed by atoms with van der Waals surface area (Å²) in [5.41, 5.74) is 0. The number of carbonyl (C=O) groups is 2. The number of hydrogen-bond acceptors (Lipinski definition) is 3. The third-order valence-corrected chi connectivity index (χ3v) is 2.47. The molecule has 0 rings (SSSR count). The van der Waals surface area contributed by atoms with E-state index in [0.717, 1.165) is 6.42 Å². The van der Waals surface area contributed by atoms with E-state index in [0.29, 0.717) is 13.1 Å². The van der Waals surface area contributed by atoms with Crippen LogP contribution in [0, 0.1) is 5.92 Å². The first kappa shape index (κ1) is 15.9. The summed E-state index contributed by atoms with van der Waals surface area (Å²) in [6.07, 6.45) is 0.830. The fraction of sp³-hybridized carbons (Fsp3) is 0.833. The van der Waals surface area contributed by atoms with Gasteiger partial charge in [0.2, 0.25) is 11.8 Å². The van der Waals surface area contributed by atoms with Crippen LogP contribution in [0.4, 0.5) is 0 Å². The second-order valence-corrected chi connectivity index (χ2v) is 4.47. The lowest BCUT2D eigenvalue weighted by molar-refractivity contribution is -0.137. The van der Waals surface area contributed by atoms with E-state index < -0.39 is 6.04 Å². The second kappa shape index (κ2) is 8.06. The molecular formula is C12H24N2O3. The van der Waals surface area contributed by atoms with Gasteiger partial charge in [-0.1, -0.05) is 20.8 Å². The van der Waals surface area contributed by atoms with Crippen LogP contribution in [0.25, 0.3) is 0 Å². The van der Waals surface area contributed by atoms with Gasteiger partial charge in [-0.3, -0.25) is 9.59 Å². The van der Waals surface area contributed by atoms with Crippen LogP contribution < -0.4 is 5.32 Å². The molecule has 0 radical (unpaired) electrons. The Labute approximate surface area is 103 Å². The molecule has 0 aromatic rings. The van der Waals surface area contributed by atoms with Gasteiger partial charge in [0.15, 0.2) is 0 Å². The van der Waals surface area contributed by atoms with Crippen LogP contribution in [0.5, 0.6) is 0 Å². The Morgan fingerprint density at radius 2 is 1.88 bits per heavy atom. The van der Waals surface area contributed by atoms with Gasteiger partial charge in [0.1, 0.15) is 6.04 Å². The van der Waals surface area contributed by atoms with Gasteiger partial charge in [0, 0.05) is 20.0 Å². The van der Waals surface area contributed by atoms with Crippen molar-refractivity contribution in [1.29, 1.82) is 0 Å². The smallest absolute Gasteiger partial charge is 0.245 e. The zero-order valence-electron chi connectivity index (χ0n) is 11.2. The molecule has 0 aromatic heterocycles. The number of nitrogens with zero attached hydrogens (tertiary/aromatic N) is 1. The maximum Gasteiger partial charge on any atom is 0.245 e. The predicted octanol–water partition coefficient (Wildman–Crippen LogP) is 0.378. The fourth-order valence-corrected chi connectivity index (χ4v) is 1.65. The van der Waals surface area contributed by atoms with E-state index >= 15 is 0 Å². The molecule has 0 saturated heterocycles. The Kier molecular flexibility index (Phi) is 7.54. The molecule has 0 spiro atoms. The first-order chi connectivity index (χ1) is 7.93. The predicted molar refractivity (Wildman–Crippen MR) is 66.4 cm³/mol. The standard InChI is InChI=1S/C12H24N2O3/c1-5-6-14(7-8-15)12(17)11(9(2)3)13-10(4)16/h9,11,15H,5-8H2,1-4H3,(H,13,16). The fourth-order valence-electron chi connectivity index (χ4n) is 1.65. The molecular weight excluding hydrogens is 220 g/mol. The summed E-state index contributed by atoms with van der Waals surface area (Å²) in [6, 6.07) is -0.509. The van der Waals surface area contributed by atoms with Gasteiger partial charge in [-0.15, -0.1) is 0 Å². The van der Waals surface area contributed by atoms with Crippen molar-refractivity contribution in [3.63, 3.8) is 0 Å². The number of amides is 2. The molecule has 5 nitrogen and oxygen atoms in total. The second-order valence-electron chi connectivity index (χ2n) is 4.47. The average molecular weight is 244 g/mol. The molecule has 0 saturated carbocycles. The first-order valence-corrected chi connectivity index (χ1v) is 6.10. The molecule has 2 N–H and O–H groups in total. The van der Waals surface area contributed by atoms with Gasteiger partial charge in [0.05, 0.1) is 6.61 Å². The van der Waals surface area contributed by atoms with E-state index in [4.69, 9.17) is 5.11 Å². The number of nitrogens with one attached hydrogen (secondary N) is 1. The number of aliphatic hydroxyl groups is 1. The van der Waals surface area contributed by atoms with Crippen LogP contribution in [0.3, 0.4) is 0 Å². The zero-order chi connectivity index (χ0) is 13.4. The molecule has 0 bridgehead atoms. The SMILES string of the molecule is CCCN(CCO)C(=O)C(NC(C)=O)C(C)C. The highest BCUT2D eigenvalue weighted by molar-refractivity contribution is 5.87. The van der Waals surface area contributed by atoms with Crippen molar-refractivity contribution in [1.82, 2.24) is 10.2 Å². The van der Waals surface area contributed by atoms with E-state index in [1.54, 1.807) is 4.90 Å². The van der Waals surface area contributed by atoms with Crippen LogP contribution >= 0.6 is 0 Å². The van der Waals surface area contributed by atoms with Crippen molar-refractivity contribution in [3.8, 4) is 0 Å². The molecule has 0 aliphatic heterocycles. The van der Waals surface area contributed by atoms with Crippen LogP contribution in [0.1, 0.15) is 34.1 Å². The van der Waals surface area contributed by atoms with Crippen LogP contribution in [0.15, 0.2) is 0 Å². The minimum atomic E-state index is -0.509. The summed E-state index contributed by atoms with van der Waals surface area (Å²) in [5.74, 6) is -0.298. The van der Waals surface area contributed by atoms with Crippen LogP contribution in [0.2, 0.25) is 0 Å². The molecule has 0 aromatic carbocycles. The van der Waals surface area contributed by atoms with E-state index in [-0.39, 0.29) is 24.3 Å². The van der Waals surface area contributed by atoms with Crippen molar-refractivity contribution in [2.24, 2.45) is 5.92 Å². The summed E-state index contributed by atoms with van der Waals surface area (Å²) in [6.45, 7) is 8.01. The zero-order valence-corrected chi connectivity index (χ0v) is 11.2. The summed E-state index contributed by atoms with van der Waals surface area (Å²) >= 11 is 0. The Hall–Kier alpha value is -1.10. The van der Waals surface area contributed by atoms with Crippen molar-refractivity contribution in [2.45, 2.75) is 40.2 Å². The summed E-state index contributed by atoms with van der Waals surface area (Å²) in [7, 11) is 0. The molecule has 17 heavy (non-hydrogen) atoms. The van der Waals surface area contributed by atoms with Gasteiger partial charge < -0.3 is 15.3 Å². The Balaban J connectivity index is 4.70. The highest BCUT2D eigenvalue weighted by Gasteiger charge is 2.26.